The third kappa shape index (κ3) is 4.60. The number of piperidine rings is 1. The van der Waals surface area contributed by atoms with Crippen molar-refractivity contribution in [1.82, 2.24) is 18.9 Å². The topological polar surface area (TPSA) is 79.6 Å². The van der Waals surface area contributed by atoms with Crippen LogP contribution in [0.2, 0.25) is 0 Å². The number of halogens is 1. The van der Waals surface area contributed by atoms with Gasteiger partial charge in [0.05, 0.1) is 16.4 Å². The molecule has 10 heteroatoms. The van der Waals surface area contributed by atoms with Crippen LogP contribution in [0, 0.1) is 12.8 Å². The summed E-state index contributed by atoms with van der Waals surface area (Å²) in [4.78, 5) is 5.95. The van der Waals surface area contributed by atoms with Crippen molar-refractivity contribution in [3.05, 3.63) is 63.6 Å². The quantitative estimate of drug-likeness (QED) is 0.291. The van der Waals surface area contributed by atoms with Gasteiger partial charge in [0.1, 0.15) is 10.0 Å². The SMILES string of the molecule is Cc1ccc(S(=O)(=O)N2CCC(CNc3cc(-c4ccccc4C4CC4)nc4c(Br)cnn34)CC2)s1. The maximum Gasteiger partial charge on any atom is 0.252 e. The van der Waals surface area contributed by atoms with E-state index in [0.717, 1.165) is 45.9 Å². The van der Waals surface area contributed by atoms with Crippen LogP contribution in [0.15, 0.2) is 57.3 Å². The third-order valence-electron chi connectivity index (χ3n) is 7.14. The summed E-state index contributed by atoms with van der Waals surface area (Å²) in [5.74, 6) is 1.91. The lowest BCUT2D eigenvalue weighted by atomic mass is 9.98. The molecular formula is C26H28BrN5O2S2. The molecule has 7 nitrogen and oxygen atoms in total. The first-order valence-corrected chi connectivity index (χ1v) is 15.4. The highest BCUT2D eigenvalue weighted by atomic mass is 79.9. The van der Waals surface area contributed by atoms with E-state index in [1.807, 2.05) is 17.5 Å². The van der Waals surface area contributed by atoms with E-state index in [4.69, 9.17) is 4.98 Å². The van der Waals surface area contributed by atoms with E-state index in [-0.39, 0.29) is 0 Å². The Kier molecular flexibility index (Phi) is 6.39. The molecule has 1 aliphatic heterocycles. The summed E-state index contributed by atoms with van der Waals surface area (Å²) >= 11 is 4.95. The van der Waals surface area contributed by atoms with Crippen LogP contribution in [-0.2, 0) is 10.0 Å². The number of rotatable bonds is 7. The number of hydrogen-bond acceptors (Lipinski definition) is 6. The fourth-order valence-electron chi connectivity index (χ4n) is 4.96. The molecular weight excluding hydrogens is 558 g/mol. The van der Waals surface area contributed by atoms with Gasteiger partial charge in [0.2, 0.25) is 0 Å². The van der Waals surface area contributed by atoms with Crippen molar-refractivity contribution in [3.8, 4) is 11.3 Å². The number of nitrogens with one attached hydrogen (secondary N) is 1. The van der Waals surface area contributed by atoms with Crippen LogP contribution < -0.4 is 5.32 Å². The summed E-state index contributed by atoms with van der Waals surface area (Å²) in [6, 6.07) is 14.2. The van der Waals surface area contributed by atoms with E-state index in [9.17, 15) is 8.42 Å². The summed E-state index contributed by atoms with van der Waals surface area (Å²) < 4.78 is 30.7. The third-order valence-corrected chi connectivity index (χ3v) is 11.1. The molecule has 1 saturated carbocycles. The number of thiophene rings is 1. The number of hydrogen-bond donors (Lipinski definition) is 1. The molecule has 4 heterocycles. The van der Waals surface area contributed by atoms with Crippen LogP contribution in [0.1, 0.15) is 42.0 Å². The van der Waals surface area contributed by atoms with Gasteiger partial charge in [-0.15, -0.1) is 11.3 Å². The van der Waals surface area contributed by atoms with Crippen LogP contribution in [0.4, 0.5) is 5.82 Å². The van der Waals surface area contributed by atoms with Crippen LogP contribution in [0.25, 0.3) is 16.9 Å². The van der Waals surface area contributed by atoms with Gasteiger partial charge in [0.15, 0.2) is 5.65 Å². The number of anilines is 1. The molecule has 0 bridgehead atoms. The smallest absolute Gasteiger partial charge is 0.252 e. The highest BCUT2D eigenvalue weighted by Crippen LogP contribution is 2.44. The van der Waals surface area contributed by atoms with Crippen molar-refractivity contribution < 1.29 is 8.42 Å². The van der Waals surface area contributed by atoms with Crippen molar-refractivity contribution >= 4 is 48.8 Å². The van der Waals surface area contributed by atoms with Gasteiger partial charge in [0, 0.05) is 36.1 Å². The van der Waals surface area contributed by atoms with E-state index in [0.29, 0.717) is 29.1 Å². The highest BCUT2D eigenvalue weighted by Gasteiger charge is 2.31. The summed E-state index contributed by atoms with van der Waals surface area (Å²) in [5.41, 5.74) is 4.28. The Morgan fingerprint density at radius 2 is 1.89 bits per heavy atom. The lowest BCUT2D eigenvalue weighted by molar-refractivity contribution is 0.282. The van der Waals surface area contributed by atoms with Gasteiger partial charge in [-0.25, -0.2) is 13.4 Å². The molecule has 6 rings (SSSR count). The average molecular weight is 587 g/mol. The minimum atomic E-state index is -3.40. The predicted molar refractivity (Wildman–Crippen MR) is 147 cm³/mol. The molecule has 1 N–H and O–H groups in total. The van der Waals surface area contributed by atoms with E-state index < -0.39 is 10.0 Å². The first-order chi connectivity index (χ1) is 17.4. The molecule has 1 aromatic carbocycles. The van der Waals surface area contributed by atoms with Crippen molar-refractivity contribution in [1.29, 1.82) is 0 Å². The number of benzene rings is 1. The minimum Gasteiger partial charge on any atom is -0.370 e. The Morgan fingerprint density at radius 3 is 2.61 bits per heavy atom. The first-order valence-electron chi connectivity index (χ1n) is 12.3. The van der Waals surface area contributed by atoms with Gasteiger partial charge in [-0.05, 0) is 78.1 Å². The van der Waals surface area contributed by atoms with Crippen molar-refractivity contribution in [2.75, 3.05) is 25.0 Å². The standard InChI is InChI=1S/C26H28BrN5O2S2/c1-17-6-9-25(35-17)36(33,34)31-12-10-18(11-13-31)15-28-24-14-23(30-26-22(27)16-29-32(24)26)21-5-3-2-4-20(21)19-7-8-19/h2-6,9,14,16,18-19,28H,7-8,10-13,15H2,1H3. The molecule has 188 valence electrons. The number of sulfonamides is 1. The van der Waals surface area contributed by atoms with E-state index in [2.05, 4.69) is 56.7 Å². The fraction of sp³-hybridized carbons (Fsp3) is 0.385. The van der Waals surface area contributed by atoms with E-state index in [1.165, 1.54) is 35.3 Å². The van der Waals surface area contributed by atoms with Gasteiger partial charge in [0.25, 0.3) is 10.0 Å². The molecule has 0 unspecified atom stereocenters. The molecule has 1 saturated heterocycles. The van der Waals surface area contributed by atoms with Crippen molar-refractivity contribution in [3.63, 3.8) is 0 Å². The number of aromatic nitrogens is 3. The van der Waals surface area contributed by atoms with Gasteiger partial charge in [-0.2, -0.15) is 13.9 Å². The Bertz CT molecular complexity index is 1520. The molecule has 36 heavy (non-hydrogen) atoms. The molecule has 1 aliphatic carbocycles. The molecule has 0 amide bonds. The predicted octanol–water partition coefficient (Wildman–Crippen LogP) is 5.92. The van der Waals surface area contributed by atoms with Gasteiger partial charge in [-0.3, -0.25) is 0 Å². The zero-order valence-corrected chi connectivity index (χ0v) is 23.2. The first kappa shape index (κ1) is 24.1. The Balaban J connectivity index is 1.19. The van der Waals surface area contributed by atoms with Crippen LogP contribution >= 0.6 is 27.3 Å². The molecule has 2 aliphatic rings. The Hall–Kier alpha value is -2.27. The van der Waals surface area contributed by atoms with Crippen LogP contribution in [-0.4, -0.2) is 47.0 Å². The fourth-order valence-corrected chi connectivity index (χ4v) is 8.22. The normalized spacial score (nSPS) is 17.6. The van der Waals surface area contributed by atoms with Crippen LogP contribution in [0.3, 0.4) is 0 Å². The van der Waals surface area contributed by atoms with E-state index in [1.54, 1.807) is 16.6 Å². The maximum atomic E-state index is 13.0. The molecule has 2 fully saturated rings. The summed E-state index contributed by atoms with van der Waals surface area (Å²) in [6.45, 7) is 3.79. The number of aryl methyl sites for hydroxylation is 1. The zero-order valence-electron chi connectivity index (χ0n) is 20.0. The zero-order chi connectivity index (χ0) is 24.9. The molecule has 0 atom stereocenters. The van der Waals surface area contributed by atoms with Crippen LogP contribution in [0.5, 0.6) is 0 Å². The maximum absolute atomic E-state index is 13.0. The lowest BCUT2D eigenvalue weighted by Crippen LogP contribution is -2.39. The number of fused-ring (bicyclic) bond motifs is 1. The molecule has 4 aromatic rings. The van der Waals surface area contributed by atoms with Gasteiger partial charge < -0.3 is 5.32 Å². The second kappa shape index (κ2) is 9.55. The molecule has 3 aromatic heterocycles. The Labute approximate surface area is 223 Å². The largest absolute Gasteiger partial charge is 0.370 e. The second-order valence-electron chi connectivity index (χ2n) is 9.71. The average Bonchev–Trinajstić information content (AvgIpc) is 3.54. The Morgan fingerprint density at radius 1 is 1.11 bits per heavy atom. The van der Waals surface area contributed by atoms with Crippen molar-refractivity contribution in [2.24, 2.45) is 5.92 Å². The highest BCUT2D eigenvalue weighted by molar-refractivity contribution is 9.10. The summed E-state index contributed by atoms with van der Waals surface area (Å²) in [7, 11) is -3.40. The number of nitrogens with zero attached hydrogens (tertiary/aromatic N) is 4. The minimum absolute atomic E-state index is 0.381. The molecule has 0 radical (unpaired) electrons. The van der Waals surface area contributed by atoms with Gasteiger partial charge in [-0.1, -0.05) is 24.3 Å². The summed E-state index contributed by atoms with van der Waals surface area (Å²) in [6.07, 6.45) is 5.90. The second-order valence-corrected chi connectivity index (χ2v) is 14.0. The molecule has 0 spiro atoms. The van der Waals surface area contributed by atoms with E-state index >= 15 is 0 Å². The summed E-state index contributed by atoms with van der Waals surface area (Å²) in [5, 5.41) is 8.13. The monoisotopic (exact) mass is 585 g/mol. The van der Waals surface area contributed by atoms with Crippen molar-refractivity contribution in [2.45, 2.75) is 42.7 Å². The van der Waals surface area contributed by atoms with Gasteiger partial charge >= 0.3 is 0 Å². The lowest BCUT2D eigenvalue weighted by Gasteiger charge is -2.31.